The van der Waals surface area contributed by atoms with Crippen LogP contribution < -0.4 is 0 Å². The molecule has 3 heterocycles. The van der Waals surface area contributed by atoms with E-state index >= 15 is 0 Å². The molecule has 4 nitrogen and oxygen atoms in total. The Hall–Kier alpha value is -1.20. The lowest BCUT2D eigenvalue weighted by molar-refractivity contribution is 0.219. The average molecular weight is 290 g/mol. The molecule has 1 atom stereocenters. The molecular formula is C15H22N4S. The van der Waals surface area contributed by atoms with Gasteiger partial charge in [-0.2, -0.15) is 5.10 Å². The molecule has 1 unspecified atom stereocenters. The Balaban J connectivity index is 1.67. The van der Waals surface area contributed by atoms with E-state index in [1.807, 2.05) is 17.5 Å². The minimum absolute atomic E-state index is 0.607. The van der Waals surface area contributed by atoms with Gasteiger partial charge in [-0.1, -0.05) is 0 Å². The molecule has 108 valence electrons. The Morgan fingerprint density at radius 2 is 2.20 bits per heavy atom. The minimum Gasteiger partial charge on any atom is -0.293 e. The van der Waals surface area contributed by atoms with E-state index in [9.17, 15) is 0 Å². The van der Waals surface area contributed by atoms with Gasteiger partial charge in [0.1, 0.15) is 0 Å². The summed E-state index contributed by atoms with van der Waals surface area (Å²) in [6, 6.07) is 2.77. The van der Waals surface area contributed by atoms with Gasteiger partial charge < -0.3 is 0 Å². The summed E-state index contributed by atoms with van der Waals surface area (Å²) in [5, 5.41) is 5.76. The number of aromatic nitrogens is 3. The molecule has 5 heteroatoms. The van der Waals surface area contributed by atoms with Gasteiger partial charge >= 0.3 is 0 Å². The summed E-state index contributed by atoms with van der Waals surface area (Å²) in [4.78, 5) is 8.32. The van der Waals surface area contributed by atoms with Crippen molar-refractivity contribution in [3.8, 4) is 0 Å². The topological polar surface area (TPSA) is 34.0 Å². The maximum absolute atomic E-state index is 4.60. The molecule has 0 amide bonds. The third-order valence-electron chi connectivity index (χ3n) is 4.01. The van der Waals surface area contributed by atoms with E-state index in [0.717, 1.165) is 23.8 Å². The fourth-order valence-electron chi connectivity index (χ4n) is 3.05. The quantitative estimate of drug-likeness (QED) is 0.868. The predicted octanol–water partition coefficient (Wildman–Crippen LogP) is 2.93. The predicted molar refractivity (Wildman–Crippen MR) is 82.0 cm³/mol. The van der Waals surface area contributed by atoms with Crippen LogP contribution in [0.3, 0.4) is 0 Å². The second-order valence-electron chi connectivity index (χ2n) is 5.72. The molecular weight excluding hydrogens is 268 g/mol. The van der Waals surface area contributed by atoms with Crippen molar-refractivity contribution in [1.29, 1.82) is 0 Å². The Bertz CT molecular complexity index is 586. The smallest absolute Gasteiger partial charge is 0.0897 e. The summed E-state index contributed by atoms with van der Waals surface area (Å²) in [5.74, 6) is 0. The summed E-state index contributed by atoms with van der Waals surface area (Å²) in [7, 11) is 0. The van der Waals surface area contributed by atoms with Crippen molar-refractivity contribution in [3.05, 3.63) is 33.5 Å². The molecule has 0 spiro atoms. The first-order valence-electron chi connectivity index (χ1n) is 7.28. The van der Waals surface area contributed by atoms with Crippen LogP contribution in [0.4, 0.5) is 0 Å². The molecule has 1 fully saturated rings. The lowest BCUT2D eigenvalue weighted by Gasteiger charge is -2.24. The molecule has 0 N–H and O–H groups in total. The van der Waals surface area contributed by atoms with Crippen LogP contribution in [0.2, 0.25) is 0 Å². The van der Waals surface area contributed by atoms with Gasteiger partial charge in [0.05, 0.1) is 17.2 Å². The van der Waals surface area contributed by atoms with E-state index in [0.29, 0.717) is 6.04 Å². The molecule has 2 aromatic heterocycles. The molecule has 0 radical (unpaired) electrons. The minimum atomic E-state index is 0.607. The van der Waals surface area contributed by atoms with E-state index in [1.165, 1.54) is 30.0 Å². The maximum atomic E-state index is 4.60. The van der Waals surface area contributed by atoms with Crippen LogP contribution in [0, 0.1) is 20.8 Å². The van der Waals surface area contributed by atoms with Crippen molar-refractivity contribution in [2.24, 2.45) is 0 Å². The van der Waals surface area contributed by atoms with Gasteiger partial charge in [0.15, 0.2) is 0 Å². The zero-order chi connectivity index (χ0) is 14.1. The third kappa shape index (κ3) is 2.94. The van der Waals surface area contributed by atoms with Crippen molar-refractivity contribution in [2.45, 2.75) is 52.7 Å². The van der Waals surface area contributed by atoms with Crippen LogP contribution in [0.1, 0.15) is 34.1 Å². The molecule has 1 aliphatic rings. The molecule has 0 saturated carbocycles. The molecule has 2 aromatic rings. The highest BCUT2D eigenvalue weighted by atomic mass is 32.1. The Morgan fingerprint density at radius 3 is 2.85 bits per heavy atom. The first-order valence-corrected chi connectivity index (χ1v) is 8.10. The van der Waals surface area contributed by atoms with Crippen LogP contribution in [0.15, 0.2) is 12.3 Å². The van der Waals surface area contributed by atoms with Gasteiger partial charge in [0, 0.05) is 29.4 Å². The second kappa shape index (κ2) is 5.66. The van der Waals surface area contributed by atoms with Crippen LogP contribution >= 0.6 is 11.3 Å². The Kier molecular flexibility index (Phi) is 3.89. The summed E-state index contributed by atoms with van der Waals surface area (Å²) in [6.45, 7) is 9.53. The molecule has 0 bridgehead atoms. The van der Waals surface area contributed by atoms with Crippen molar-refractivity contribution in [2.75, 3.05) is 6.54 Å². The maximum Gasteiger partial charge on any atom is 0.0897 e. The van der Waals surface area contributed by atoms with Gasteiger partial charge in [-0.05, 0) is 46.2 Å². The van der Waals surface area contributed by atoms with Crippen molar-refractivity contribution in [3.63, 3.8) is 0 Å². The van der Waals surface area contributed by atoms with Gasteiger partial charge in [-0.25, -0.2) is 4.98 Å². The normalized spacial score (nSPS) is 19.9. The van der Waals surface area contributed by atoms with Crippen LogP contribution in [-0.2, 0) is 13.1 Å². The van der Waals surface area contributed by atoms with Crippen molar-refractivity contribution >= 4 is 11.3 Å². The van der Waals surface area contributed by atoms with E-state index in [2.05, 4.69) is 46.5 Å². The summed E-state index contributed by atoms with van der Waals surface area (Å²) >= 11 is 1.81. The highest BCUT2D eigenvalue weighted by Crippen LogP contribution is 2.24. The van der Waals surface area contributed by atoms with Gasteiger partial charge in [0.2, 0.25) is 0 Å². The second-order valence-corrected chi connectivity index (χ2v) is 7.04. The highest BCUT2D eigenvalue weighted by Gasteiger charge is 2.26. The van der Waals surface area contributed by atoms with E-state index < -0.39 is 0 Å². The van der Waals surface area contributed by atoms with Crippen LogP contribution in [-0.4, -0.2) is 32.3 Å². The lowest BCUT2D eigenvalue weighted by atomic mass is 10.2. The highest BCUT2D eigenvalue weighted by molar-refractivity contribution is 7.11. The van der Waals surface area contributed by atoms with Crippen molar-refractivity contribution < 1.29 is 0 Å². The zero-order valence-corrected chi connectivity index (χ0v) is 13.3. The first-order chi connectivity index (χ1) is 9.61. The number of hydrogen-bond donors (Lipinski definition) is 0. The Labute approximate surface area is 124 Å². The van der Waals surface area contributed by atoms with Gasteiger partial charge in [0.25, 0.3) is 0 Å². The SMILES string of the molecule is Cc1cc(C)n(CC2CCCN2Cc2cnc(C)s2)n1. The number of thiazole rings is 1. The standard InChI is InChI=1S/C15H22N4S/c1-11-7-12(2)19(17-11)9-14-5-4-6-18(14)10-15-8-16-13(3)20-15/h7-8,14H,4-6,9-10H2,1-3H3. The number of rotatable bonds is 4. The summed E-state index contributed by atoms with van der Waals surface area (Å²) in [6.07, 6.45) is 4.59. The van der Waals surface area contributed by atoms with E-state index in [-0.39, 0.29) is 0 Å². The number of aryl methyl sites for hydroxylation is 3. The lowest BCUT2D eigenvalue weighted by Crippen LogP contribution is -2.32. The first kappa shape index (κ1) is 13.8. The van der Waals surface area contributed by atoms with Crippen LogP contribution in [0.25, 0.3) is 0 Å². The third-order valence-corrected chi connectivity index (χ3v) is 4.91. The molecule has 1 saturated heterocycles. The molecule has 0 aliphatic carbocycles. The van der Waals surface area contributed by atoms with Crippen LogP contribution in [0.5, 0.6) is 0 Å². The average Bonchev–Trinajstić information content (AvgIpc) is 3.05. The van der Waals surface area contributed by atoms with Gasteiger partial charge in [-0.15, -0.1) is 11.3 Å². The number of hydrogen-bond acceptors (Lipinski definition) is 4. The van der Waals surface area contributed by atoms with E-state index in [1.54, 1.807) is 0 Å². The molecule has 20 heavy (non-hydrogen) atoms. The number of nitrogens with zero attached hydrogens (tertiary/aromatic N) is 4. The monoisotopic (exact) mass is 290 g/mol. The summed E-state index contributed by atoms with van der Waals surface area (Å²) < 4.78 is 2.16. The fourth-order valence-corrected chi connectivity index (χ4v) is 3.87. The molecule has 3 rings (SSSR count). The Morgan fingerprint density at radius 1 is 1.35 bits per heavy atom. The largest absolute Gasteiger partial charge is 0.293 e. The molecule has 0 aromatic carbocycles. The van der Waals surface area contributed by atoms with Crippen molar-refractivity contribution in [1.82, 2.24) is 19.7 Å². The molecule has 1 aliphatic heterocycles. The number of likely N-dealkylation sites (tertiary alicyclic amines) is 1. The zero-order valence-electron chi connectivity index (χ0n) is 12.5. The fraction of sp³-hybridized carbons (Fsp3) is 0.600. The van der Waals surface area contributed by atoms with E-state index in [4.69, 9.17) is 0 Å². The van der Waals surface area contributed by atoms with Gasteiger partial charge in [-0.3, -0.25) is 9.58 Å². The summed E-state index contributed by atoms with van der Waals surface area (Å²) in [5.41, 5.74) is 2.38.